The van der Waals surface area contributed by atoms with Crippen molar-refractivity contribution in [3.8, 4) is 11.5 Å². The topological polar surface area (TPSA) is 30.5 Å². The van der Waals surface area contributed by atoms with Crippen LogP contribution in [0.15, 0.2) is 54.6 Å². The molecule has 3 atom stereocenters. The second-order valence-electron chi connectivity index (χ2n) is 6.14. The first-order valence-electron chi connectivity index (χ1n) is 8.06. The van der Waals surface area contributed by atoms with E-state index in [9.17, 15) is 0 Å². The van der Waals surface area contributed by atoms with Crippen molar-refractivity contribution in [2.24, 2.45) is 5.92 Å². The molecule has 0 aromatic heterocycles. The first-order chi connectivity index (χ1) is 11.3. The second-order valence-corrected chi connectivity index (χ2v) is 6.14. The van der Waals surface area contributed by atoms with Gasteiger partial charge >= 0.3 is 0 Å². The maximum absolute atomic E-state index is 5.63. The van der Waals surface area contributed by atoms with Gasteiger partial charge in [0, 0.05) is 11.5 Å². The van der Waals surface area contributed by atoms with E-state index < -0.39 is 0 Å². The van der Waals surface area contributed by atoms with Crippen LogP contribution >= 0.6 is 0 Å². The maximum Gasteiger partial charge on any atom is 0.142 e. The van der Waals surface area contributed by atoms with Crippen LogP contribution in [0.3, 0.4) is 0 Å². The van der Waals surface area contributed by atoms with E-state index in [1.54, 1.807) is 14.2 Å². The highest BCUT2D eigenvalue weighted by atomic mass is 16.5. The molecule has 4 rings (SSSR count). The van der Waals surface area contributed by atoms with Crippen molar-refractivity contribution in [2.75, 3.05) is 19.5 Å². The van der Waals surface area contributed by atoms with Gasteiger partial charge in [0.25, 0.3) is 0 Å². The molecule has 0 bridgehead atoms. The fourth-order valence-electron chi connectivity index (χ4n) is 3.99. The molecule has 0 spiro atoms. The van der Waals surface area contributed by atoms with Gasteiger partial charge in [-0.3, -0.25) is 0 Å². The number of methoxy groups -OCH3 is 2. The van der Waals surface area contributed by atoms with Crippen LogP contribution in [0.4, 0.5) is 5.69 Å². The summed E-state index contributed by atoms with van der Waals surface area (Å²) in [6.07, 6.45) is 5.69. The highest BCUT2D eigenvalue weighted by molar-refractivity contribution is 5.71. The molecule has 3 unspecified atom stereocenters. The van der Waals surface area contributed by atoms with Gasteiger partial charge in [0.1, 0.15) is 11.5 Å². The van der Waals surface area contributed by atoms with E-state index in [4.69, 9.17) is 9.47 Å². The molecule has 2 aliphatic rings. The predicted molar refractivity (Wildman–Crippen MR) is 92.3 cm³/mol. The zero-order valence-electron chi connectivity index (χ0n) is 13.5. The normalized spacial score (nSPS) is 24.5. The molecule has 1 N–H and O–H groups in total. The highest BCUT2D eigenvalue weighted by Gasteiger charge is 2.40. The quantitative estimate of drug-likeness (QED) is 0.845. The number of rotatable bonds is 3. The third kappa shape index (κ3) is 2.19. The van der Waals surface area contributed by atoms with E-state index in [1.165, 1.54) is 11.1 Å². The molecule has 0 radical (unpaired) electrons. The Hall–Kier alpha value is -2.42. The summed E-state index contributed by atoms with van der Waals surface area (Å²) in [5.41, 5.74) is 3.60. The molecule has 0 amide bonds. The molecular formula is C20H21NO2. The minimum Gasteiger partial charge on any atom is -0.496 e. The van der Waals surface area contributed by atoms with Gasteiger partial charge in [0.2, 0.25) is 0 Å². The molecule has 3 nitrogen and oxygen atoms in total. The minimum atomic E-state index is 0.282. The van der Waals surface area contributed by atoms with E-state index in [1.807, 2.05) is 12.1 Å². The second kappa shape index (κ2) is 5.65. The lowest BCUT2D eigenvalue weighted by atomic mass is 9.76. The first-order valence-corrected chi connectivity index (χ1v) is 8.06. The Kier molecular flexibility index (Phi) is 3.49. The van der Waals surface area contributed by atoms with Gasteiger partial charge in [0.05, 0.1) is 25.9 Å². The van der Waals surface area contributed by atoms with Crippen molar-refractivity contribution < 1.29 is 9.47 Å². The average Bonchev–Trinajstić information content (AvgIpc) is 3.10. The van der Waals surface area contributed by atoms with E-state index in [0.717, 1.165) is 23.6 Å². The van der Waals surface area contributed by atoms with Crippen molar-refractivity contribution in [1.82, 2.24) is 0 Å². The van der Waals surface area contributed by atoms with Gasteiger partial charge in [-0.1, -0.05) is 42.5 Å². The zero-order chi connectivity index (χ0) is 15.8. The molecular weight excluding hydrogens is 286 g/mol. The van der Waals surface area contributed by atoms with Crippen LogP contribution < -0.4 is 14.8 Å². The molecule has 2 aromatic carbocycles. The smallest absolute Gasteiger partial charge is 0.142 e. The average molecular weight is 307 g/mol. The predicted octanol–water partition coefficient (Wildman–Crippen LogP) is 4.53. The van der Waals surface area contributed by atoms with Crippen LogP contribution in [0.1, 0.15) is 29.5 Å². The maximum atomic E-state index is 5.63. The fourth-order valence-corrected chi connectivity index (χ4v) is 3.99. The summed E-state index contributed by atoms with van der Waals surface area (Å²) < 4.78 is 11.2. The summed E-state index contributed by atoms with van der Waals surface area (Å²) in [6, 6.07) is 14.9. The Bertz CT molecular complexity index is 739. The van der Waals surface area contributed by atoms with Gasteiger partial charge in [-0.05, 0) is 30.0 Å². The Morgan fingerprint density at radius 3 is 2.43 bits per heavy atom. The molecule has 3 heteroatoms. The van der Waals surface area contributed by atoms with Crippen LogP contribution in [0.2, 0.25) is 0 Å². The molecule has 1 aliphatic carbocycles. The van der Waals surface area contributed by atoms with Crippen LogP contribution in [-0.4, -0.2) is 14.2 Å². The summed E-state index contributed by atoms with van der Waals surface area (Å²) in [5.74, 6) is 2.68. The van der Waals surface area contributed by atoms with Gasteiger partial charge < -0.3 is 14.8 Å². The fraction of sp³-hybridized carbons (Fsp3) is 0.300. The van der Waals surface area contributed by atoms with Crippen LogP contribution in [0.5, 0.6) is 11.5 Å². The van der Waals surface area contributed by atoms with E-state index >= 15 is 0 Å². The summed E-state index contributed by atoms with van der Waals surface area (Å²) in [4.78, 5) is 0. The lowest BCUT2D eigenvalue weighted by Gasteiger charge is -2.38. The lowest BCUT2D eigenvalue weighted by molar-refractivity contribution is 0.370. The Morgan fingerprint density at radius 2 is 1.70 bits per heavy atom. The number of benzene rings is 2. The minimum absolute atomic E-state index is 0.282. The number of ether oxygens (including phenoxy) is 2. The SMILES string of the molecule is COc1ccc(OC)c2c1NC(c1ccccc1)C1CC=CC21. The number of anilines is 1. The summed E-state index contributed by atoms with van der Waals surface area (Å²) in [5, 5.41) is 3.73. The Balaban J connectivity index is 1.87. The third-order valence-electron chi connectivity index (χ3n) is 5.04. The largest absolute Gasteiger partial charge is 0.496 e. The Labute approximate surface area is 136 Å². The Morgan fingerprint density at radius 1 is 0.957 bits per heavy atom. The zero-order valence-corrected chi connectivity index (χ0v) is 13.5. The number of hydrogen-bond donors (Lipinski definition) is 1. The molecule has 1 heterocycles. The molecule has 0 saturated carbocycles. The van der Waals surface area contributed by atoms with Gasteiger partial charge in [-0.15, -0.1) is 0 Å². The standard InChI is InChI=1S/C20H21NO2/c1-22-16-11-12-17(23-2)20-18(16)14-9-6-10-15(14)19(21-20)13-7-4-3-5-8-13/h3-9,11-12,14-15,19,21H,10H2,1-2H3. The summed E-state index contributed by atoms with van der Waals surface area (Å²) in [6.45, 7) is 0. The highest BCUT2D eigenvalue weighted by Crippen LogP contribution is 2.54. The van der Waals surface area contributed by atoms with Gasteiger partial charge in [0.15, 0.2) is 0 Å². The lowest BCUT2D eigenvalue weighted by Crippen LogP contribution is -2.29. The number of hydrogen-bond acceptors (Lipinski definition) is 3. The van der Waals surface area contributed by atoms with Crippen molar-refractivity contribution in [3.05, 3.63) is 65.7 Å². The van der Waals surface area contributed by atoms with Gasteiger partial charge in [-0.25, -0.2) is 0 Å². The third-order valence-corrected chi connectivity index (χ3v) is 5.04. The van der Waals surface area contributed by atoms with Crippen LogP contribution in [0.25, 0.3) is 0 Å². The molecule has 23 heavy (non-hydrogen) atoms. The summed E-state index contributed by atoms with van der Waals surface area (Å²) in [7, 11) is 3.46. The number of allylic oxidation sites excluding steroid dienone is 2. The van der Waals surface area contributed by atoms with Crippen molar-refractivity contribution >= 4 is 5.69 Å². The van der Waals surface area contributed by atoms with Crippen LogP contribution in [-0.2, 0) is 0 Å². The first kappa shape index (κ1) is 14.2. The molecule has 1 aliphatic heterocycles. The van der Waals surface area contributed by atoms with E-state index in [0.29, 0.717) is 11.8 Å². The van der Waals surface area contributed by atoms with Crippen molar-refractivity contribution in [1.29, 1.82) is 0 Å². The monoisotopic (exact) mass is 307 g/mol. The van der Waals surface area contributed by atoms with E-state index in [-0.39, 0.29) is 6.04 Å². The number of nitrogens with one attached hydrogen (secondary N) is 1. The molecule has 118 valence electrons. The van der Waals surface area contributed by atoms with E-state index in [2.05, 4.69) is 47.8 Å². The molecule has 0 saturated heterocycles. The van der Waals surface area contributed by atoms with Gasteiger partial charge in [-0.2, -0.15) is 0 Å². The summed E-state index contributed by atoms with van der Waals surface area (Å²) >= 11 is 0. The molecule has 2 aromatic rings. The van der Waals surface area contributed by atoms with Crippen molar-refractivity contribution in [2.45, 2.75) is 18.4 Å². The van der Waals surface area contributed by atoms with Crippen molar-refractivity contribution in [3.63, 3.8) is 0 Å². The molecule has 0 fully saturated rings. The number of fused-ring (bicyclic) bond motifs is 3. The van der Waals surface area contributed by atoms with Crippen LogP contribution in [0, 0.1) is 5.92 Å².